The lowest BCUT2D eigenvalue weighted by Crippen LogP contribution is -2.50. The molecule has 0 aliphatic carbocycles. The van der Waals surface area contributed by atoms with E-state index in [4.69, 9.17) is 5.11 Å². The van der Waals surface area contributed by atoms with Gasteiger partial charge in [0, 0.05) is 19.6 Å². The summed E-state index contributed by atoms with van der Waals surface area (Å²) in [4.78, 5) is 22.6. The zero-order valence-corrected chi connectivity index (χ0v) is 11.1. The standard InChI is InChI=1S/C12H23N3O3/c1-9(2)10(11(16)17)8-13-12(18)14-15-6-4-3-5-7-15/h9-10H,3-8H2,1-2H3,(H,16,17)(H2,13,14,18). The first-order valence-corrected chi connectivity index (χ1v) is 6.53. The van der Waals surface area contributed by atoms with Crippen LogP contribution in [-0.4, -0.2) is 41.8 Å². The van der Waals surface area contributed by atoms with Gasteiger partial charge in [-0.2, -0.15) is 0 Å². The van der Waals surface area contributed by atoms with E-state index in [1.165, 1.54) is 6.42 Å². The molecule has 1 unspecified atom stereocenters. The third-order valence-corrected chi connectivity index (χ3v) is 3.22. The number of carbonyl (C=O) groups is 2. The van der Waals surface area contributed by atoms with Crippen molar-refractivity contribution in [2.75, 3.05) is 19.6 Å². The predicted octanol–water partition coefficient (Wildman–Crippen LogP) is 1.04. The van der Waals surface area contributed by atoms with Crippen molar-refractivity contribution in [2.24, 2.45) is 11.8 Å². The Balaban J connectivity index is 2.28. The second kappa shape index (κ2) is 7.20. The minimum atomic E-state index is -0.872. The number of hydrogen-bond donors (Lipinski definition) is 3. The molecule has 18 heavy (non-hydrogen) atoms. The molecular weight excluding hydrogens is 234 g/mol. The van der Waals surface area contributed by atoms with Gasteiger partial charge >= 0.3 is 12.0 Å². The van der Waals surface area contributed by atoms with Crippen LogP contribution in [0.5, 0.6) is 0 Å². The second-order valence-electron chi connectivity index (χ2n) is 5.06. The van der Waals surface area contributed by atoms with Gasteiger partial charge < -0.3 is 10.4 Å². The van der Waals surface area contributed by atoms with Gasteiger partial charge in [-0.25, -0.2) is 9.80 Å². The molecule has 0 aromatic rings. The first kappa shape index (κ1) is 14.8. The number of hydrogen-bond acceptors (Lipinski definition) is 3. The van der Waals surface area contributed by atoms with Crippen molar-refractivity contribution in [1.29, 1.82) is 0 Å². The Morgan fingerprint density at radius 3 is 2.33 bits per heavy atom. The van der Waals surface area contributed by atoms with Gasteiger partial charge in [-0.15, -0.1) is 0 Å². The number of nitrogens with zero attached hydrogens (tertiary/aromatic N) is 1. The van der Waals surface area contributed by atoms with E-state index in [1.807, 2.05) is 18.9 Å². The Kier molecular flexibility index (Phi) is 5.91. The number of carboxylic acids is 1. The van der Waals surface area contributed by atoms with Crippen molar-refractivity contribution in [3.05, 3.63) is 0 Å². The average Bonchev–Trinajstić information content (AvgIpc) is 2.29. The summed E-state index contributed by atoms with van der Waals surface area (Å²) in [6.45, 7) is 5.55. The summed E-state index contributed by atoms with van der Waals surface area (Å²) in [7, 11) is 0. The first-order chi connectivity index (χ1) is 8.50. The predicted molar refractivity (Wildman–Crippen MR) is 67.9 cm³/mol. The van der Waals surface area contributed by atoms with Crippen LogP contribution in [0.15, 0.2) is 0 Å². The maximum absolute atomic E-state index is 11.6. The number of aliphatic carboxylic acids is 1. The van der Waals surface area contributed by atoms with Crippen LogP contribution in [0.25, 0.3) is 0 Å². The molecule has 1 aliphatic rings. The van der Waals surface area contributed by atoms with E-state index in [1.54, 1.807) is 0 Å². The molecule has 1 heterocycles. The molecule has 0 aromatic heterocycles. The Morgan fingerprint density at radius 2 is 1.83 bits per heavy atom. The van der Waals surface area contributed by atoms with Gasteiger partial charge in [-0.3, -0.25) is 10.2 Å². The Morgan fingerprint density at radius 1 is 1.22 bits per heavy atom. The highest BCUT2D eigenvalue weighted by molar-refractivity contribution is 5.75. The topological polar surface area (TPSA) is 81.7 Å². The van der Waals surface area contributed by atoms with E-state index >= 15 is 0 Å². The smallest absolute Gasteiger partial charge is 0.329 e. The lowest BCUT2D eigenvalue weighted by Gasteiger charge is -2.27. The van der Waals surface area contributed by atoms with Crippen molar-refractivity contribution in [3.8, 4) is 0 Å². The molecule has 104 valence electrons. The van der Waals surface area contributed by atoms with E-state index < -0.39 is 11.9 Å². The van der Waals surface area contributed by atoms with E-state index in [2.05, 4.69) is 10.7 Å². The zero-order chi connectivity index (χ0) is 13.5. The summed E-state index contributed by atoms with van der Waals surface area (Å²) in [5.41, 5.74) is 2.74. The molecule has 0 spiro atoms. The van der Waals surface area contributed by atoms with E-state index in [0.717, 1.165) is 25.9 Å². The van der Waals surface area contributed by atoms with Crippen molar-refractivity contribution >= 4 is 12.0 Å². The third kappa shape index (κ3) is 4.91. The minimum absolute atomic E-state index is 0.00205. The summed E-state index contributed by atoms with van der Waals surface area (Å²) in [5.74, 6) is -1.42. The Labute approximate surface area is 108 Å². The fraction of sp³-hybridized carbons (Fsp3) is 0.833. The largest absolute Gasteiger partial charge is 0.481 e. The van der Waals surface area contributed by atoms with Gasteiger partial charge in [0.2, 0.25) is 0 Å². The molecule has 1 saturated heterocycles. The molecule has 1 atom stereocenters. The van der Waals surface area contributed by atoms with Gasteiger partial charge in [-0.05, 0) is 18.8 Å². The van der Waals surface area contributed by atoms with Crippen molar-refractivity contribution in [3.63, 3.8) is 0 Å². The highest BCUT2D eigenvalue weighted by Crippen LogP contribution is 2.09. The summed E-state index contributed by atoms with van der Waals surface area (Å²) < 4.78 is 0. The first-order valence-electron chi connectivity index (χ1n) is 6.53. The van der Waals surface area contributed by atoms with Crippen LogP contribution >= 0.6 is 0 Å². The zero-order valence-electron chi connectivity index (χ0n) is 11.1. The van der Waals surface area contributed by atoms with Gasteiger partial charge in [0.25, 0.3) is 0 Å². The van der Waals surface area contributed by atoms with E-state index in [-0.39, 0.29) is 18.5 Å². The van der Waals surface area contributed by atoms with Crippen LogP contribution in [-0.2, 0) is 4.79 Å². The number of carbonyl (C=O) groups excluding carboxylic acids is 1. The molecule has 6 nitrogen and oxygen atoms in total. The highest BCUT2D eigenvalue weighted by Gasteiger charge is 2.22. The number of rotatable bonds is 5. The number of carboxylic acid groups (broad SMARTS) is 1. The number of amides is 2. The van der Waals surface area contributed by atoms with E-state index in [9.17, 15) is 9.59 Å². The Bertz CT molecular complexity index is 288. The van der Waals surface area contributed by atoms with E-state index in [0.29, 0.717) is 0 Å². The molecule has 0 saturated carbocycles. The monoisotopic (exact) mass is 257 g/mol. The summed E-state index contributed by atoms with van der Waals surface area (Å²) in [5, 5.41) is 13.5. The fourth-order valence-electron chi connectivity index (χ4n) is 2.00. The summed E-state index contributed by atoms with van der Waals surface area (Å²) >= 11 is 0. The molecule has 1 fully saturated rings. The van der Waals surface area contributed by atoms with Crippen LogP contribution in [0.3, 0.4) is 0 Å². The molecule has 0 bridgehead atoms. The molecule has 1 rings (SSSR count). The average molecular weight is 257 g/mol. The van der Waals surface area contributed by atoms with Crippen LogP contribution < -0.4 is 10.7 Å². The molecule has 1 aliphatic heterocycles. The van der Waals surface area contributed by atoms with Gasteiger partial charge in [0.1, 0.15) is 0 Å². The summed E-state index contributed by atoms with van der Waals surface area (Å²) in [6, 6.07) is -0.316. The number of piperidine rings is 1. The van der Waals surface area contributed by atoms with Crippen LogP contribution in [0, 0.1) is 11.8 Å². The maximum Gasteiger partial charge on any atom is 0.329 e. The minimum Gasteiger partial charge on any atom is -0.481 e. The van der Waals surface area contributed by atoms with Crippen LogP contribution in [0.1, 0.15) is 33.1 Å². The molecule has 0 aromatic carbocycles. The van der Waals surface area contributed by atoms with Gasteiger partial charge in [0.15, 0.2) is 0 Å². The van der Waals surface area contributed by atoms with Gasteiger partial charge in [0.05, 0.1) is 5.92 Å². The number of nitrogens with one attached hydrogen (secondary N) is 2. The molecule has 0 radical (unpaired) electrons. The third-order valence-electron chi connectivity index (χ3n) is 3.22. The van der Waals surface area contributed by atoms with Gasteiger partial charge in [-0.1, -0.05) is 20.3 Å². The Hall–Kier alpha value is -1.30. The lowest BCUT2D eigenvalue weighted by atomic mass is 9.96. The van der Waals surface area contributed by atoms with Crippen molar-refractivity contribution in [2.45, 2.75) is 33.1 Å². The maximum atomic E-state index is 11.6. The second-order valence-corrected chi connectivity index (χ2v) is 5.06. The quantitative estimate of drug-likeness (QED) is 0.687. The van der Waals surface area contributed by atoms with Crippen molar-refractivity contribution < 1.29 is 14.7 Å². The van der Waals surface area contributed by atoms with Crippen molar-refractivity contribution in [1.82, 2.24) is 15.8 Å². The molecule has 3 N–H and O–H groups in total. The lowest BCUT2D eigenvalue weighted by molar-refractivity contribution is -0.142. The normalized spacial score (nSPS) is 18.4. The molecule has 6 heteroatoms. The van der Waals surface area contributed by atoms with Crippen LogP contribution in [0.4, 0.5) is 4.79 Å². The SMILES string of the molecule is CC(C)C(CNC(=O)NN1CCCCC1)C(=O)O. The van der Waals surface area contributed by atoms with Crippen LogP contribution in [0.2, 0.25) is 0 Å². The summed E-state index contributed by atoms with van der Waals surface area (Å²) in [6.07, 6.45) is 3.38. The fourth-order valence-corrected chi connectivity index (χ4v) is 2.00. The highest BCUT2D eigenvalue weighted by atomic mass is 16.4. The number of urea groups is 1. The molecule has 2 amide bonds. The molecular formula is C12H23N3O3. The number of hydrazine groups is 1.